The molecule has 0 aliphatic rings. The zero-order valence-electron chi connectivity index (χ0n) is 7.97. The third-order valence-corrected chi connectivity index (χ3v) is 1.96. The van der Waals surface area contributed by atoms with Crippen molar-refractivity contribution < 1.29 is 13.2 Å². The molecule has 0 saturated heterocycles. The van der Waals surface area contributed by atoms with Crippen molar-refractivity contribution in [3.05, 3.63) is 35.9 Å². The molecule has 0 aliphatic heterocycles. The van der Waals surface area contributed by atoms with E-state index in [0.717, 1.165) is 6.26 Å². The zero-order valence-corrected chi connectivity index (χ0v) is 8.78. The quantitative estimate of drug-likeness (QED) is 0.545. The van der Waals surface area contributed by atoms with Crippen LogP contribution in [0, 0.1) is 0 Å². The van der Waals surface area contributed by atoms with Gasteiger partial charge in [-0.05, 0) is 12.1 Å². The Balaban J connectivity index is 3.12. The van der Waals surface area contributed by atoms with Gasteiger partial charge >= 0.3 is 0 Å². The van der Waals surface area contributed by atoms with E-state index >= 15 is 0 Å². The van der Waals surface area contributed by atoms with Crippen molar-refractivity contribution in [1.29, 1.82) is 0 Å². The van der Waals surface area contributed by atoms with Crippen LogP contribution in [0.5, 0.6) is 0 Å². The van der Waals surface area contributed by atoms with Crippen LogP contribution in [-0.2, 0) is 14.8 Å². The van der Waals surface area contributed by atoms with Crippen molar-refractivity contribution in [2.75, 3.05) is 13.4 Å². The van der Waals surface area contributed by atoms with Crippen molar-refractivity contribution in [1.82, 2.24) is 0 Å². The number of rotatable bonds is 2. The first-order chi connectivity index (χ1) is 6.53. The normalized spacial score (nSPS) is 12.6. The molecule has 0 aromatic heterocycles. The van der Waals surface area contributed by atoms with Gasteiger partial charge in [-0.3, -0.25) is 0 Å². The maximum atomic E-state index is 10.9. The monoisotopic (exact) mass is 213 g/mol. The second-order valence-corrected chi connectivity index (χ2v) is 4.35. The summed E-state index contributed by atoms with van der Waals surface area (Å²) in [6.45, 7) is 0. The van der Waals surface area contributed by atoms with Crippen molar-refractivity contribution in [3.8, 4) is 0 Å². The minimum atomic E-state index is -3.42. The molecule has 0 spiro atoms. The van der Waals surface area contributed by atoms with E-state index in [2.05, 4.69) is 4.40 Å². The Morgan fingerprint density at radius 1 is 1.29 bits per heavy atom. The summed E-state index contributed by atoms with van der Waals surface area (Å²) in [4.78, 5) is 0. The van der Waals surface area contributed by atoms with E-state index in [4.69, 9.17) is 4.74 Å². The molecule has 0 heterocycles. The Hall–Kier alpha value is -1.36. The van der Waals surface area contributed by atoms with Crippen LogP contribution in [0.2, 0.25) is 0 Å². The van der Waals surface area contributed by atoms with Gasteiger partial charge in [-0.15, -0.1) is 4.40 Å². The van der Waals surface area contributed by atoms with Crippen LogP contribution in [0.4, 0.5) is 0 Å². The third-order valence-electron chi connectivity index (χ3n) is 1.46. The van der Waals surface area contributed by atoms with E-state index in [0.29, 0.717) is 5.56 Å². The highest BCUT2D eigenvalue weighted by atomic mass is 32.2. The zero-order chi connectivity index (χ0) is 10.6. The van der Waals surface area contributed by atoms with Gasteiger partial charge in [0, 0.05) is 5.56 Å². The fourth-order valence-corrected chi connectivity index (χ4v) is 1.42. The smallest absolute Gasteiger partial charge is 0.253 e. The van der Waals surface area contributed by atoms with Gasteiger partial charge in [0.2, 0.25) is 5.90 Å². The van der Waals surface area contributed by atoms with Crippen LogP contribution < -0.4 is 0 Å². The molecule has 0 unspecified atom stereocenters. The molecule has 0 radical (unpaired) electrons. The molecule has 0 N–H and O–H groups in total. The molecule has 1 aromatic carbocycles. The first-order valence-electron chi connectivity index (χ1n) is 3.92. The second kappa shape index (κ2) is 4.23. The lowest BCUT2D eigenvalue weighted by Crippen LogP contribution is -2.06. The maximum Gasteiger partial charge on any atom is 0.253 e. The topological polar surface area (TPSA) is 55.7 Å². The van der Waals surface area contributed by atoms with Crippen molar-refractivity contribution >= 4 is 15.9 Å². The Labute approximate surface area is 83.3 Å². The number of hydrogen-bond donors (Lipinski definition) is 0. The minimum Gasteiger partial charge on any atom is -0.480 e. The number of sulfonamides is 1. The Kier molecular flexibility index (Phi) is 3.24. The van der Waals surface area contributed by atoms with E-state index in [1.807, 2.05) is 6.07 Å². The predicted molar refractivity (Wildman–Crippen MR) is 54.8 cm³/mol. The molecule has 0 fully saturated rings. The third kappa shape index (κ3) is 3.18. The highest BCUT2D eigenvalue weighted by Gasteiger charge is 2.06. The Morgan fingerprint density at radius 2 is 1.86 bits per heavy atom. The summed E-state index contributed by atoms with van der Waals surface area (Å²) in [7, 11) is -2.03. The number of hydrogen-bond acceptors (Lipinski definition) is 3. The average Bonchev–Trinajstić information content (AvgIpc) is 2.14. The highest BCUT2D eigenvalue weighted by Crippen LogP contribution is 2.03. The fraction of sp³-hybridized carbons (Fsp3) is 0.222. The summed E-state index contributed by atoms with van der Waals surface area (Å²) in [6, 6.07) is 8.86. The van der Waals surface area contributed by atoms with E-state index < -0.39 is 10.0 Å². The van der Waals surface area contributed by atoms with Gasteiger partial charge in [-0.1, -0.05) is 18.2 Å². The average molecular weight is 213 g/mol. The SMILES string of the molecule is COC(=NS(C)(=O)=O)c1ccccc1. The summed E-state index contributed by atoms with van der Waals surface area (Å²) in [5, 5.41) is 0. The second-order valence-electron chi connectivity index (χ2n) is 2.70. The van der Waals surface area contributed by atoms with Crippen LogP contribution in [0.25, 0.3) is 0 Å². The lowest BCUT2D eigenvalue weighted by molar-refractivity contribution is 0.405. The first-order valence-corrected chi connectivity index (χ1v) is 5.77. The molecule has 76 valence electrons. The van der Waals surface area contributed by atoms with Gasteiger partial charge in [0.05, 0.1) is 13.4 Å². The molecule has 0 saturated carbocycles. The van der Waals surface area contributed by atoms with Crippen LogP contribution in [-0.4, -0.2) is 27.7 Å². The van der Waals surface area contributed by atoms with Crippen LogP contribution in [0.1, 0.15) is 5.56 Å². The summed E-state index contributed by atoms with van der Waals surface area (Å²) >= 11 is 0. The lowest BCUT2D eigenvalue weighted by atomic mass is 10.2. The summed E-state index contributed by atoms with van der Waals surface area (Å²) in [5.41, 5.74) is 0.639. The van der Waals surface area contributed by atoms with Crippen molar-refractivity contribution in [2.24, 2.45) is 4.40 Å². The molecule has 4 nitrogen and oxygen atoms in total. The van der Waals surface area contributed by atoms with Gasteiger partial charge in [0.25, 0.3) is 10.0 Å². The highest BCUT2D eigenvalue weighted by molar-refractivity contribution is 7.89. The van der Waals surface area contributed by atoms with Gasteiger partial charge < -0.3 is 4.74 Å². The molecule has 0 aliphatic carbocycles. The summed E-state index contributed by atoms with van der Waals surface area (Å²) < 4.78 is 30.2. The molecule has 14 heavy (non-hydrogen) atoms. The van der Waals surface area contributed by atoms with E-state index in [1.165, 1.54) is 7.11 Å². The summed E-state index contributed by atoms with van der Waals surface area (Å²) in [5.74, 6) is 0.105. The molecular formula is C9H11NO3S. The van der Waals surface area contributed by atoms with E-state index in [9.17, 15) is 8.42 Å². The van der Waals surface area contributed by atoms with Crippen LogP contribution in [0.3, 0.4) is 0 Å². The van der Waals surface area contributed by atoms with Crippen LogP contribution >= 0.6 is 0 Å². The predicted octanol–water partition coefficient (Wildman–Crippen LogP) is 1.04. The van der Waals surface area contributed by atoms with Crippen molar-refractivity contribution in [3.63, 3.8) is 0 Å². The largest absolute Gasteiger partial charge is 0.480 e. The van der Waals surface area contributed by atoms with Crippen LogP contribution in [0.15, 0.2) is 34.7 Å². The van der Waals surface area contributed by atoms with E-state index in [1.54, 1.807) is 24.3 Å². The number of methoxy groups -OCH3 is 1. The van der Waals surface area contributed by atoms with Gasteiger partial charge in [0.15, 0.2) is 0 Å². The minimum absolute atomic E-state index is 0.105. The Bertz CT molecular complexity index is 423. The van der Waals surface area contributed by atoms with Gasteiger partial charge in [0.1, 0.15) is 0 Å². The maximum absolute atomic E-state index is 10.9. The molecule has 1 rings (SSSR count). The van der Waals surface area contributed by atoms with E-state index in [-0.39, 0.29) is 5.90 Å². The molecule has 1 aromatic rings. The lowest BCUT2D eigenvalue weighted by Gasteiger charge is -2.02. The molecular weight excluding hydrogens is 202 g/mol. The number of benzene rings is 1. The Morgan fingerprint density at radius 3 is 2.29 bits per heavy atom. The molecule has 0 amide bonds. The molecule has 0 atom stereocenters. The first kappa shape index (κ1) is 10.7. The number of ether oxygens (including phenoxy) is 1. The van der Waals surface area contributed by atoms with Crippen molar-refractivity contribution in [2.45, 2.75) is 0 Å². The molecule has 5 heteroatoms. The standard InChI is InChI=1S/C9H11NO3S/c1-13-9(10-14(2,11)12)8-6-4-3-5-7-8/h3-7H,1-2H3. The summed E-state index contributed by atoms with van der Waals surface area (Å²) in [6.07, 6.45) is 1.02. The molecule has 0 bridgehead atoms. The number of nitrogens with zero attached hydrogens (tertiary/aromatic N) is 1. The fourth-order valence-electron chi connectivity index (χ4n) is 0.939. The van der Waals surface area contributed by atoms with Gasteiger partial charge in [-0.25, -0.2) is 8.42 Å². The van der Waals surface area contributed by atoms with Gasteiger partial charge in [-0.2, -0.15) is 0 Å².